The van der Waals surface area contributed by atoms with E-state index in [2.05, 4.69) is 24.1 Å². The van der Waals surface area contributed by atoms with Crippen LogP contribution in [0.25, 0.3) is 0 Å². The second-order valence-electron chi connectivity index (χ2n) is 6.85. The van der Waals surface area contributed by atoms with Gasteiger partial charge in [0.25, 0.3) is 5.56 Å². The molecule has 0 saturated carbocycles. The van der Waals surface area contributed by atoms with Gasteiger partial charge in [-0.3, -0.25) is 18.8 Å². The van der Waals surface area contributed by atoms with Gasteiger partial charge in [-0.1, -0.05) is 13.8 Å². The minimum Gasteiger partial charge on any atom is -0.379 e. The molecule has 1 aliphatic heterocycles. The molecule has 0 radical (unpaired) electrons. The second kappa shape index (κ2) is 8.32. The molecule has 2 heterocycles. The zero-order valence-corrected chi connectivity index (χ0v) is 15.4. The number of nitrogens with zero attached hydrogens (tertiary/aromatic N) is 4. The number of morpholine rings is 1. The minimum atomic E-state index is -0.570. The molecule has 1 N–H and O–H groups in total. The summed E-state index contributed by atoms with van der Waals surface area (Å²) >= 11 is 0. The van der Waals surface area contributed by atoms with E-state index < -0.39 is 11.2 Å². The van der Waals surface area contributed by atoms with E-state index in [0.717, 1.165) is 24.1 Å². The summed E-state index contributed by atoms with van der Waals surface area (Å²) < 4.78 is 7.70. The predicted molar refractivity (Wildman–Crippen MR) is 95.8 cm³/mol. The predicted octanol–water partition coefficient (Wildman–Crippen LogP) is 0.114. The van der Waals surface area contributed by atoms with Gasteiger partial charge in [0.1, 0.15) is 11.9 Å². The van der Waals surface area contributed by atoms with Gasteiger partial charge in [0.15, 0.2) is 5.56 Å². The summed E-state index contributed by atoms with van der Waals surface area (Å²) in [6, 6.07) is 2.17. The molecule has 8 nitrogen and oxygen atoms in total. The van der Waals surface area contributed by atoms with Crippen LogP contribution in [0.2, 0.25) is 0 Å². The molecule has 1 aromatic heterocycles. The van der Waals surface area contributed by atoms with Gasteiger partial charge in [-0.05, 0) is 12.3 Å². The Balaban J connectivity index is 2.27. The molecule has 1 aromatic rings. The molecule has 0 aliphatic carbocycles. The van der Waals surface area contributed by atoms with Crippen molar-refractivity contribution in [2.75, 3.05) is 38.2 Å². The Morgan fingerprint density at radius 2 is 1.84 bits per heavy atom. The van der Waals surface area contributed by atoms with Crippen LogP contribution in [0.3, 0.4) is 0 Å². The summed E-state index contributed by atoms with van der Waals surface area (Å²) in [4.78, 5) is 26.7. The fraction of sp³-hybridized carbons (Fsp3) is 0.706. The van der Waals surface area contributed by atoms with Crippen molar-refractivity contribution in [3.05, 3.63) is 26.4 Å². The molecule has 138 valence electrons. The van der Waals surface area contributed by atoms with E-state index in [1.54, 1.807) is 7.05 Å². The topological polar surface area (TPSA) is 92.3 Å². The van der Waals surface area contributed by atoms with Gasteiger partial charge in [0.05, 0.1) is 13.2 Å². The molecule has 1 fully saturated rings. The van der Waals surface area contributed by atoms with E-state index in [4.69, 9.17) is 4.74 Å². The molecule has 0 unspecified atom stereocenters. The Morgan fingerprint density at radius 3 is 2.40 bits per heavy atom. The molecule has 1 aliphatic rings. The summed E-state index contributed by atoms with van der Waals surface area (Å²) in [6.45, 7) is 8.04. The monoisotopic (exact) mass is 349 g/mol. The first kappa shape index (κ1) is 19.2. The molecule has 0 amide bonds. The summed E-state index contributed by atoms with van der Waals surface area (Å²) in [5.41, 5.74) is -1.05. The summed E-state index contributed by atoms with van der Waals surface area (Å²) in [6.07, 6.45) is 0.980. The van der Waals surface area contributed by atoms with Crippen molar-refractivity contribution in [1.29, 1.82) is 5.26 Å². The van der Waals surface area contributed by atoms with Crippen LogP contribution in [0, 0.1) is 17.2 Å². The standard InChI is InChI=1S/C17H27N5O3/c1-12(2)9-13(22-5-7-25-8-6-22)11-19-15-14(10-18)16(23)21(4)17(24)20(15)3/h12-13,19H,5-9,11H2,1-4H3/t13-/m1/s1. The van der Waals surface area contributed by atoms with Gasteiger partial charge in [-0.15, -0.1) is 0 Å². The number of rotatable bonds is 6. The summed E-state index contributed by atoms with van der Waals surface area (Å²) in [5, 5.41) is 12.5. The Labute approximate surface area is 147 Å². The van der Waals surface area contributed by atoms with Crippen LogP contribution in [-0.4, -0.2) is 52.9 Å². The van der Waals surface area contributed by atoms with Gasteiger partial charge in [0.2, 0.25) is 0 Å². The number of aromatic nitrogens is 2. The SMILES string of the molecule is CC(C)C[C@H](CNc1c(C#N)c(=O)n(C)c(=O)n1C)N1CCOCC1. The Bertz CT molecular complexity index is 753. The highest BCUT2D eigenvalue weighted by atomic mass is 16.5. The molecule has 0 bridgehead atoms. The fourth-order valence-corrected chi connectivity index (χ4v) is 3.21. The average Bonchev–Trinajstić information content (AvgIpc) is 2.61. The van der Waals surface area contributed by atoms with Crippen LogP contribution in [0.4, 0.5) is 5.82 Å². The molecule has 0 aromatic carbocycles. The summed E-state index contributed by atoms with van der Waals surface area (Å²) in [7, 11) is 2.95. The van der Waals surface area contributed by atoms with Crippen molar-refractivity contribution in [2.45, 2.75) is 26.3 Å². The number of anilines is 1. The van der Waals surface area contributed by atoms with Crippen molar-refractivity contribution in [2.24, 2.45) is 20.0 Å². The van der Waals surface area contributed by atoms with Crippen molar-refractivity contribution in [1.82, 2.24) is 14.0 Å². The molecular weight excluding hydrogens is 322 g/mol. The quantitative estimate of drug-likeness (QED) is 0.784. The highest BCUT2D eigenvalue weighted by molar-refractivity contribution is 5.51. The first-order valence-electron chi connectivity index (χ1n) is 8.62. The zero-order chi connectivity index (χ0) is 18.6. The third-order valence-corrected chi connectivity index (χ3v) is 4.59. The van der Waals surface area contributed by atoms with E-state index in [1.165, 1.54) is 11.6 Å². The third-order valence-electron chi connectivity index (χ3n) is 4.59. The maximum atomic E-state index is 12.2. The lowest BCUT2D eigenvalue weighted by Gasteiger charge is -2.35. The van der Waals surface area contributed by atoms with E-state index >= 15 is 0 Å². The second-order valence-corrected chi connectivity index (χ2v) is 6.85. The maximum absolute atomic E-state index is 12.2. The van der Waals surface area contributed by atoms with Gasteiger partial charge in [-0.25, -0.2) is 4.79 Å². The lowest BCUT2D eigenvalue weighted by Crippen LogP contribution is -2.48. The van der Waals surface area contributed by atoms with Crippen LogP contribution in [0.15, 0.2) is 9.59 Å². The number of nitriles is 1. The van der Waals surface area contributed by atoms with E-state index in [1.807, 2.05) is 6.07 Å². The normalized spacial score (nSPS) is 16.6. The third kappa shape index (κ3) is 4.30. The Hall–Kier alpha value is -2.11. The highest BCUT2D eigenvalue weighted by Crippen LogP contribution is 2.15. The first-order valence-corrected chi connectivity index (χ1v) is 8.62. The highest BCUT2D eigenvalue weighted by Gasteiger charge is 2.23. The number of hydrogen-bond donors (Lipinski definition) is 1. The zero-order valence-electron chi connectivity index (χ0n) is 15.4. The molecule has 25 heavy (non-hydrogen) atoms. The van der Waals surface area contributed by atoms with E-state index in [-0.39, 0.29) is 17.4 Å². The van der Waals surface area contributed by atoms with Crippen LogP contribution in [-0.2, 0) is 18.8 Å². The van der Waals surface area contributed by atoms with E-state index in [0.29, 0.717) is 25.7 Å². The molecular formula is C17H27N5O3. The molecule has 1 atom stereocenters. The number of nitrogens with one attached hydrogen (secondary N) is 1. The average molecular weight is 349 g/mol. The lowest BCUT2D eigenvalue weighted by atomic mass is 10.0. The Kier molecular flexibility index (Phi) is 6.39. The molecule has 8 heteroatoms. The van der Waals surface area contributed by atoms with Gasteiger partial charge in [0, 0.05) is 39.8 Å². The van der Waals surface area contributed by atoms with Crippen LogP contribution >= 0.6 is 0 Å². The number of ether oxygens (including phenoxy) is 1. The number of hydrogen-bond acceptors (Lipinski definition) is 6. The van der Waals surface area contributed by atoms with Gasteiger partial charge >= 0.3 is 5.69 Å². The lowest BCUT2D eigenvalue weighted by molar-refractivity contribution is 0.0150. The van der Waals surface area contributed by atoms with Crippen LogP contribution in [0.5, 0.6) is 0 Å². The maximum Gasteiger partial charge on any atom is 0.332 e. The van der Waals surface area contributed by atoms with Crippen molar-refractivity contribution < 1.29 is 4.74 Å². The van der Waals surface area contributed by atoms with Crippen LogP contribution in [0.1, 0.15) is 25.8 Å². The van der Waals surface area contributed by atoms with E-state index in [9.17, 15) is 14.9 Å². The largest absolute Gasteiger partial charge is 0.379 e. The smallest absolute Gasteiger partial charge is 0.332 e. The van der Waals surface area contributed by atoms with Crippen LogP contribution < -0.4 is 16.6 Å². The fourth-order valence-electron chi connectivity index (χ4n) is 3.21. The molecule has 1 saturated heterocycles. The van der Waals surface area contributed by atoms with Crippen molar-refractivity contribution in [3.63, 3.8) is 0 Å². The van der Waals surface area contributed by atoms with Gasteiger partial charge < -0.3 is 10.1 Å². The summed E-state index contributed by atoms with van der Waals surface area (Å²) in [5.74, 6) is 0.801. The first-order chi connectivity index (χ1) is 11.9. The van der Waals surface area contributed by atoms with Crippen molar-refractivity contribution >= 4 is 5.82 Å². The molecule has 2 rings (SSSR count). The minimum absolute atomic E-state index is 0.0325. The Morgan fingerprint density at radius 1 is 1.20 bits per heavy atom. The van der Waals surface area contributed by atoms with Crippen molar-refractivity contribution in [3.8, 4) is 6.07 Å². The van der Waals surface area contributed by atoms with Gasteiger partial charge in [-0.2, -0.15) is 5.26 Å². The molecule has 0 spiro atoms.